The number of rotatable bonds is 9. The molecule has 0 unspecified atom stereocenters. The third kappa shape index (κ3) is 7.73. The highest BCUT2D eigenvalue weighted by Gasteiger charge is 2.49. The molecule has 0 saturated heterocycles. The molecule has 3 aliphatic carbocycles. The Labute approximate surface area is 554 Å². The molecule has 3 aliphatic rings. The largest absolute Gasteiger partial charge is 0.497 e. The van der Waals surface area contributed by atoms with Gasteiger partial charge in [0.15, 0.2) is 0 Å². The van der Waals surface area contributed by atoms with Crippen LogP contribution in [0, 0.1) is 0 Å². The van der Waals surface area contributed by atoms with E-state index in [1.165, 1.54) is 177 Å². The highest BCUT2D eigenvalue weighted by atomic mass is 16.5. The Balaban J connectivity index is 0.817. The van der Waals surface area contributed by atoms with Crippen LogP contribution in [-0.2, 0) is 16.2 Å². The van der Waals surface area contributed by atoms with E-state index in [0.29, 0.717) is 0 Å². The molecular formula is C94H64O. The minimum atomic E-state index is -0.690. The first-order valence-electron chi connectivity index (χ1n) is 33.3. The number of methoxy groups -OCH3 is 1. The van der Waals surface area contributed by atoms with Gasteiger partial charge in [0.2, 0.25) is 0 Å². The molecule has 16 aromatic rings. The van der Waals surface area contributed by atoms with Crippen LogP contribution in [0.3, 0.4) is 0 Å². The number of ether oxygens (including phenoxy) is 1. The second kappa shape index (κ2) is 20.9. The van der Waals surface area contributed by atoms with Crippen LogP contribution in [0.25, 0.3) is 121 Å². The quantitative estimate of drug-likeness (QED) is 0.131. The fourth-order valence-electron chi connectivity index (χ4n) is 17.9. The predicted octanol–water partition coefficient (Wildman–Crippen LogP) is 24.0. The van der Waals surface area contributed by atoms with Gasteiger partial charge in [0.1, 0.15) is 5.75 Å². The average Bonchev–Trinajstić information content (AvgIpc) is 1.58. The van der Waals surface area contributed by atoms with Crippen molar-refractivity contribution >= 4 is 43.1 Å². The molecule has 1 nitrogen and oxygen atoms in total. The van der Waals surface area contributed by atoms with Crippen molar-refractivity contribution in [2.45, 2.75) is 30.1 Å². The average molecular weight is 1210 g/mol. The normalized spacial score (nSPS) is 14.1. The van der Waals surface area contributed by atoms with E-state index < -0.39 is 10.8 Å². The summed E-state index contributed by atoms with van der Waals surface area (Å²) in [6.45, 7) is 4.77. The number of hydrogen-bond acceptors (Lipinski definition) is 1. The molecule has 0 radical (unpaired) electrons. The molecule has 19 rings (SSSR count). The molecule has 0 heterocycles. The molecule has 95 heavy (non-hydrogen) atoms. The molecule has 1 heteroatoms. The lowest BCUT2D eigenvalue weighted by Gasteiger charge is -2.35. The van der Waals surface area contributed by atoms with Crippen molar-refractivity contribution in [1.29, 1.82) is 0 Å². The summed E-state index contributed by atoms with van der Waals surface area (Å²) in [6.07, 6.45) is 0. The molecule has 0 saturated carbocycles. The topological polar surface area (TPSA) is 9.23 Å². The molecule has 0 atom stereocenters. The first-order chi connectivity index (χ1) is 46.8. The van der Waals surface area contributed by atoms with Gasteiger partial charge in [-0.25, -0.2) is 0 Å². The third-order valence-electron chi connectivity index (χ3n) is 21.9. The van der Waals surface area contributed by atoms with Gasteiger partial charge in [-0.05, 0) is 213 Å². The number of fused-ring (bicyclic) bond motifs is 13. The second-order valence-corrected chi connectivity index (χ2v) is 26.8. The van der Waals surface area contributed by atoms with Gasteiger partial charge in [0.05, 0.1) is 17.9 Å². The second-order valence-electron chi connectivity index (χ2n) is 26.8. The summed E-state index contributed by atoms with van der Waals surface area (Å²) in [7, 11) is 1.77. The van der Waals surface area contributed by atoms with Crippen LogP contribution < -0.4 is 4.74 Å². The summed E-state index contributed by atoms with van der Waals surface area (Å²) in [4.78, 5) is 0. The lowest BCUT2D eigenvalue weighted by atomic mass is 9.66. The van der Waals surface area contributed by atoms with Gasteiger partial charge < -0.3 is 4.74 Å². The summed E-state index contributed by atoms with van der Waals surface area (Å²) in [5.74, 6) is 0.845. The minimum absolute atomic E-state index is 0.126. The Kier molecular flexibility index (Phi) is 12.1. The van der Waals surface area contributed by atoms with Gasteiger partial charge in [-0.3, -0.25) is 0 Å². The van der Waals surface area contributed by atoms with Gasteiger partial charge in [-0.2, -0.15) is 0 Å². The molecule has 16 aromatic carbocycles. The molecule has 0 aliphatic heterocycles. The maximum absolute atomic E-state index is 6.01. The van der Waals surface area contributed by atoms with Gasteiger partial charge >= 0.3 is 0 Å². The van der Waals surface area contributed by atoms with Crippen LogP contribution in [0.15, 0.2) is 334 Å². The highest BCUT2D eigenvalue weighted by Crippen LogP contribution is 2.61. The van der Waals surface area contributed by atoms with E-state index in [1.54, 1.807) is 7.11 Å². The SMILES string of the molecule is COc1ccc2c(c1)C(c1ccccc1)(c1ccccc1)c1cc(-c3ccc4c(c3)C(c3ccccc3)(c3ccccc3)c3cc(-c5c6ccccc6c(-c6c7ccccc7c(-c7ccc8c(c7)C(C)(C)c7ccccc7-8)c7ccccc67)c6ccccc56)ccc3-4)ccc1-2. The smallest absolute Gasteiger partial charge is 0.119 e. The maximum Gasteiger partial charge on any atom is 0.119 e. The van der Waals surface area contributed by atoms with E-state index in [4.69, 9.17) is 4.74 Å². The molecule has 0 spiro atoms. The van der Waals surface area contributed by atoms with Gasteiger partial charge in [0.25, 0.3) is 0 Å². The van der Waals surface area contributed by atoms with E-state index >= 15 is 0 Å². The van der Waals surface area contributed by atoms with Gasteiger partial charge in [-0.15, -0.1) is 0 Å². The van der Waals surface area contributed by atoms with E-state index in [0.717, 1.165) is 5.75 Å². The molecule has 0 bridgehead atoms. The highest BCUT2D eigenvalue weighted by molar-refractivity contribution is 6.30. The van der Waals surface area contributed by atoms with Crippen molar-refractivity contribution in [1.82, 2.24) is 0 Å². The number of benzene rings is 16. The summed E-state index contributed by atoms with van der Waals surface area (Å²) in [5, 5.41) is 9.90. The predicted molar refractivity (Wildman–Crippen MR) is 397 cm³/mol. The fraction of sp³-hybridized carbons (Fsp3) is 0.0638. The van der Waals surface area contributed by atoms with E-state index in [1.807, 2.05) is 0 Å². The Morgan fingerprint density at radius 1 is 0.211 bits per heavy atom. The number of hydrogen-bond donors (Lipinski definition) is 0. The van der Waals surface area contributed by atoms with Crippen LogP contribution >= 0.6 is 0 Å². The van der Waals surface area contributed by atoms with Crippen LogP contribution in [0.5, 0.6) is 5.75 Å². The zero-order chi connectivity index (χ0) is 63.2. The zero-order valence-corrected chi connectivity index (χ0v) is 53.2. The first-order valence-corrected chi connectivity index (χ1v) is 33.3. The van der Waals surface area contributed by atoms with Crippen LogP contribution in [-0.4, -0.2) is 7.11 Å². The summed E-state index contributed by atoms with van der Waals surface area (Å²) >= 11 is 0. The van der Waals surface area contributed by atoms with Crippen molar-refractivity contribution in [2.24, 2.45) is 0 Å². The van der Waals surface area contributed by atoms with E-state index in [9.17, 15) is 0 Å². The molecule has 0 aromatic heterocycles. The Morgan fingerprint density at radius 3 is 0.842 bits per heavy atom. The third-order valence-corrected chi connectivity index (χ3v) is 21.9. The van der Waals surface area contributed by atoms with E-state index in [-0.39, 0.29) is 5.41 Å². The van der Waals surface area contributed by atoms with Crippen molar-refractivity contribution in [2.75, 3.05) is 7.11 Å². The van der Waals surface area contributed by atoms with Crippen molar-refractivity contribution in [3.63, 3.8) is 0 Å². The summed E-state index contributed by atoms with van der Waals surface area (Å²) in [5.41, 5.74) is 28.7. The van der Waals surface area contributed by atoms with Crippen LogP contribution in [0.1, 0.15) is 69.5 Å². The summed E-state index contributed by atoms with van der Waals surface area (Å²) < 4.78 is 6.01. The van der Waals surface area contributed by atoms with Crippen LogP contribution in [0.2, 0.25) is 0 Å². The Bertz CT molecular complexity index is 5650. The van der Waals surface area contributed by atoms with Gasteiger partial charge in [0, 0.05) is 5.41 Å². The first kappa shape index (κ1) is 55.0. The minimum Gasteiger partial charge on any atom is -0.497 e. The molecule has 0 fully saturated rings. The van der Waals surface area contributed by atoms with Crippen molar-refractivity contribution in [3.05, 3.63) is 389 Å². The molecule has 446 valence electrons. The monoisotopic (exact) mass is 1210 g/mol. The van der Waals surface area contributed by atoms with Crippen molar-refractivity contribution < 1.29 is 4.74 Å². The Morgan fingerprint density at radius 2 is 0.474 bits per heavy atom. The standard InChI is InChI=1S/C94H64O/c1-92(2)82-43-25-24-34-68(82)69-51-46-61(56-83(69)92)88-74-35-16-20-39-78(74)90(79-40-21-17-36-75(79)88)91-80-41-22-18-37-76(80)89(77-38-19-23-42-81(77)91)62-47-52-72-70-49-44-59(54-84(70)93(86(72)57-62,63-26-8-4-9-27-63)64-28-10-5-11-29-64)60-45-50-71-73-53-48-67(95-3)58-87(73)94(85(71)55-60,65-30-12-6-13-31-65)66-32-14-7-15-33-66/h4-58H,1-3H3. The fourth-order valence-corrected chi connectivity index (χ4v) is 17.9. The lowest BCUT2D eigenvalue weighted by Crippen LogP contribution is -2.29. The van der Waals surface area contributed by atoms with Crippen LogP contribution in [0.4, 0.5) is 0 Å². The maximum atomic E-state index is 6.01. The van der Waals surface area contributed by atoms with Crippen molar-refractivity contribution in [3.8, 4) is 83.6 Å². The molecule has 0 amide bonds. The van der Waals surface area contributed by atoms with Gasteiger partial charge in [-0.1, -0.05) is 311 Å². The van der Waals surface area contributed by atoms with E-state index in [2.05, 4.69) is 347 Å². The lowest BCUT2D eigenvalue weighted by molar-refractivity contribution is 0.414. The molecule has 0 N–H and O–H groups in total. The summed E-state index contributed by atoms with van der Waals surface area (Å²) in [6, 6.07) is 126. The Hall–Kier alpha value is -11.6. The zero-order valence-electron chi connectivity index (χ0n) is 53.2. The molecular weight excluding hydrogens is 1150 g/mol.